The summed E-state index contributed by atoms with van der Waals surface area (Å²) in [6.07, 6.45) is -0.0819. The molecule has 1 heterocycles. The van der Waals surface area contributed by atoms with E-state index in [9.17, 15) is 19.8 Å². The Morgan fingerprint density at radius 3 is 2.50 bits per heavy atom. The van der Waals surface area contributed by atoms with Crippen LogP contribution in [0.25, 0.3) is 0 Å². The molecule has 0 radical (unpaired) electrons. The van der Waals surface area contributed by atoms with Gasteiger partial charge in [0.2, 0.25) is 5.79 Å². The number of carbonyl (C=O) groups excluding carboxylic acids is 2. The molecule has 1 aliphatic heterocycles. The fraction of sp³-hybridized carbons (Fsp3) is 0.435. The van der Waals surface area contributed by atoms with Gasteiger partial charge in [0.1, 0.15) is 12.2 Å². The van der Waals surface area contributed by atoms with Crippen molar-refractivity contribution in [2.75, 3.05) is 6.61 Å². The summed E-state index contributed by atoms with van der Waals surface area (Å²) in [5.74, 6) is -3.73. The molecule has 2 N–H and O–H groups in total. The maximum absolute atomic E-state index is 11.8. The number of hydrogen-bond donors (Lipinski definition) is 2. The van der Waals surface area contributed by atoms with Crippen molar-refractivity contribution in [2.45, 2.75) is 57.1 Å². The molecule has 32 heavy (non-hydrogen) atoms. The first-order valence-corrected chi connectivity index (χ1v) is 10.6. The summed E-state index contributed by atoms with van der Waals surface area (Å²) < 4.78 is 22.2. The summed E-state index contributed by atoms with van der Waals surface area (Å²) >= 11 is 5.39. The van der Waals surface area contributed by atoms with Crippen molar-refractivity contribution in [1.82, 2.24) is 0 Å². The van der Waals surface area contributed by atoms with Crippen LogP contribution >= 0.6 is 12.2 Å². The van der Waals surface area contributed by atoms with Crippen molar-refractivity contribution >= 4 is 29.0 Å². The van der Waals surface area contributed by atoms with Crippen LogP contribution in [0.15, 0.2) is 54.1 Å². The van der Waals surface area contributed by atoms with Gasteiger partial charge >= 0.3 is 11.9 Å². The normalized spacial score (nSPS) is 29.9. The fourth-order valence-corrected chi connectivity index (χ4v) is 4.02. The van der Waals surface area contributed by atoms with Crippen LogP contribution in [0.5, 0.6) is 0 Å². The van der Waals surface area contributed by atoms with Gasteiger partial charge in [-0.2, -0.15) is 0 Å². The van der Waals surface area contributed by atoms with E-state index < -0.39 is 42.1 Å². The first kappa shape index (κ1) is 24.2. The van der Waals surface area contributed by atoms with Crippen LogP contribution < -0.4 is 0 Å². The molecule has 172 valence electrons. The summed E-state index contributed by atoms with van der Waals surface area (Å²) in [5, 5.41) is 22.5. The quantitative estimate of drug-likeness (QED) is 0.462. The Balaban J connectivity index is 1.91. The topological polar surface area (TPSA) is 112 Å². The predicted octanol–water partition coefficient (Wildman–Crippen LogP) is 1.77. The van der Waals surface area contributed by atoms with Crippen molar-refractivity contribution < 1.29 is 38.7 Å². The number of carbonyl (C=O) groups is 2. The summed E-state index contributed by atoms with van der Waals surface area (Å²) in [6.45, 7) is 2.40. The summed E-state index contributed by atoms with van der Waals surface area (Å²) in [4.78, 5) is 23.9. The van der Waals surface area contributed by atoms with Gasteiger partial charge in [-0.15, -0.1) is 0 Å². The van der Waals surface area contributed by atoms with Gasteiger partial charge in [0, 0.05) is 30.7 Å². The van der Waals surface area contributed by atoms with E-state index >= 15 is 0 Å². The molecule has 0 spiro atoms. The number of hydrogen-bond acceptors (Lipinski definition) is 9. The van der Waals surface area contributed by atoms with Gasteiger partial charge < -0.3 is 29.2 Å². The first-order valence-electron chi connectivity index (χ1n) is 10.2. The third-order valence-electron chi connectivity index (χ3n) is 5.11. The second-order valence-electron chi connectivity index (χ2n) is 7.58. The van der Waals surface area contributed by atoms with Crippen LogP contribution in [-0.2, 0) is 35.1 Å². The molecular formula is C23H26O8S. The van der Waals surface area contributed by atoms with Crippen LogP contribution in [0.2, 0.25) is 0 Å². The number of aliphatic hydroxyl groups excluding tert-OH is 1. The van der Waals surface area contributed by atoms with E-state index in [2.05, 4.69) is 0 Å². The Morgan fingerprint density at radius 2 is 1.88 bits per heavy atom. The third-order valence-corrected chi connectivity index (χ3v) is 5.50. The maximum atomic E-state index is 11.8. The van der Waals surface area contributed by atoms with Crippen LogP contribution in [0.3, 0.4) is 0 Å². The van der Waals surface area contributed by atoms with E-state index in [0.717, 1.165) is 19.4 Å². The Kier molecular flexibility index (Phi) is 7.91. The second-order valence-corrected chi connectivity index (χ2v) is 8.08. The van der Waals surface area contributed by atoms with E-state index in [-0.39, 0.29) is 18.8 Å². The summed E-state index contributed by atoms with van der Waals surface area (Å²) in [7, 11) is 0. The Bertz CT molecular complexity index is 912. The molecule has 1 aliphatic carbocycles. The first-order chi connectivity index (χ1) is 15.2. The van der Waals surface area contributed by atoms with Crippen molar-refractivity contribution in [2.24, 2.45) is 0 Å². The Morgan fingerprint density at radius 1 is 1.19 bits per heavy atom. The van der Waals surface area contributed by atoms with Crippen molar-refractivity contribution in [3.05, 3.63) is 59.7 Å². The number of aliphatic hydroxyl groups is 2. The van der Waals surface area contributed by atoms with E-state index in [4.69, 9.17) is 31.2 Å². The van der Waals surface area contributed by atoms with Gasteiger partial charge in [-0.3, -0.25) is 9.59 Å². The second kappa shape index (κ2) is 10.5. The van der Waals surface area contributed by atoms with Gasteiger partial charge in [-0.05, 0) is 5.56 Å². The molecule has 0 amide bonds. The molecule has 1 aromatic carbocycles. The van der Waals surface area contributed by atoms with Crippen LogP contribution in [-0.4, -0.2) is 63.8 Å². The molecule has 1 fully saturated rings. The van der Waals surface area contributed by atoms with Gasteiger partial charge in [0.05, 0.1) is 13.2 Å². The summed E-state index contributed by atoms with van der Waals surface area (Å²) in [6, 6.07) is 9.38. The monoisotopic (exact) mass is 462 g/mol. The molecule has 1 saturated heterocycles. The highest BCUT2D eigenvalue weighted by Crippen LogP contribution is 2.39. The zero-order valence-electron chi connectivity index (χ0n) is 17.8. The molecule has 8 nitrogen and oxygen atoms in total. The van der Waals surface area contributed by atoms with Crippen molar-refractivity contribution in [1.29, 1.82) is 0 Å². The summed E-state index contributed by atoms with van der Waals surface area (Å²) in [5.41, 5.74) is 1.10. The number of allylic oxidation sites excluding steroid dienone is 3. The highest BCUT2D eigenvalue weighted by atomic mass is 32.1. The Hall–Kier alpha value is -2.43. The number of benzene rings is 1. The smallest absolute Gasteiger partial charge is 0.303 e. The molecular weight excluding hydrogens is 436 g/mol. The average Bonchev–Trinajstić information content (AvgIpc) is 2.74. The van der Waals surface area contributed by atoms with E-state index in [0.29, 0.717) is 11.3 Å². The zero-order chi connectivity index (χ0) is 23.3. The fourth-order valence-electron chi connectivity index (χ4n) is 3.71. The number of rotatable bonds is 7. The minimum Gasteiger partial charge on any atom is -0.455 e. The highest BCUT2D eigenvalue weighted by Gasteiger charge is 2.59. The van der Waals surface area contributed by atoms with Crippen LogP contribution in [0, 0.1) is 0 Å². The molecule has 0 aromatic heterocycles. The van der Waals surface area contributed by atoms with Crippen LogP contribution in [0.1, 0.15) is 25.8 Å². The minimum atomic E-state index is -2.26. The average molecular weight is 463 g/mol. The molecule has 1 aromatic rings. The number of thiocarbonyl (C=S) groups is 1. The zero-order valence-corrected chi connectivity index (χ0v) is 18.6. The lowest BCUT2D eigenvalue weighted by Gasteiger charge is -2.49. The Labute approximate surface area is 191 Å². The predicted molar refractivity (Wildman–Crippen MR) is 117 cm³/mol. The molecule has 0 bridgehead atoms. The number of ether oxygens (including phenoxy) is 4. The number of esters is 2. The molecule has 0 unspecified atom stereocenters. The van der Waals surface area contributed by atoms with Crippen molar-refractivity contribution in [3.8, 4) is 0 Å². The molecule has 2 aliphatic rings. The lowest BCUT2D eigenvalue weighted by molar-refractivity contribution is -0.334. The molecule has 5 atom stereocenters. The van der Waals surface area contributed by atoms with Gasteiger partial charge in [0.25, 0.3) is 0 Å². The molecule has 9 heteroatoms. The van der Waals surface area contributed by atoms with E-state index in [1.165, 1.54) is 0 Å². The molecule has 3 rings (SSSR count). The van der Waals surface area contributed by atoms with E-state index in [1.807, 2.05) is 30.3 Å². The van der Waals surface area contributed by atoms with E-state index in [1.54, 1.807) is 18.2 Å². The van der Waals surface area contributed by atoms with Gasteiger partial charge in [0.15, 0.2) is 12.2 Å². The largest absolute Gasteiger partial charge is 0.455 e. The van der Waals surface area contributed by atoms with Gasteiger partial charge in [-0.1, -0.05) is 60.8 Å². The highest BCUT2D eigenvalue weighted by molar-refractivity contribution is 7.80. The maximum Gasteiger partial charge on any atom is 0.303 e. The lowest BCUT2D eigenvalue weighted by Crippen LogP contribution is -2.68. The minimum absolute atomic E-state index is 0.126. The standard InChI is InChI=1S/C23H26O8S/c1-14(24)29-21-20(26)18(13-28-12-16-8-4-3-5-9-16)31-23(27,22(21)30-15(2)25)17-10-6-7-11-19(17)32/h3-10,18,20-22,26-27H,11-13H2,1-2H3/t18-,20+,21+,22-,23-/m1/s1. The lowest BCUT2D eigenvalue weighted by atomic mass is 9.84. The molecule has 0 saturated carbocycles. The van der Waals surface area contributed by atoms with Crippen molar-refractivity contribution in [3.63, 3.8) is 0 Å². The third kappa shape index (κ3) is 5.48. The SMILES string of the molecule is CC(=O)O[C@H]1[C@@H](O)[C@@H](COCc2ccccc2)O[C@](O)(C2=CC=CCC2=S)[C@@H]1OC(C)=O. The van der Waals surface area contributed by atoms with Crippen LogP contribution in [0.4, 0.5) is 0 Å². The van der Waals surface area contributed by atoms with Gasteiger partial charge in [-0.25, -0.2) is 0 Å².